The third kappa shape index (κ3) is 8.97. The Morgan fingerprint density at radius 1 is 0.829 bits per heavy atom. The van der Waals surface area contributed by atoms with E-state index in [0.717, 1.165) is 16.9 Å². The summed E-state index contributed by atoms with van der Waals surface area (Å²) in [5.41, 5.74) is 2.71. The first-order valence-corrected chi connectivity index (χ1v) is 11.5. The number of hydrogen-bond acceptors (Lipinski definition) is 5. The van der Waals surface area contributed by atoms with Crippen LogP contribution < -0.4 is 15.4 Å². The van der Waals surface area contributed by atoms with Gasteiger partial charge in [-0.05, 0) is 67.8 Å². The van der Waals surface area contributed by atoms with Gasteiger partial charge in [0.15, 0.2) is 6.61 Å². The van der Waals surface area contributed by atoms with E-state index in [2.05, 4.69) is 10.6 Å². The van der Waals surface area contributed by atoms with Crippen molar-refractivity contribution in [2.45, 2.75) is 39.2 Å². The summed E-state index contributed by atoms with van der Waals surface area (Å²) in [5, 5.41) is 5.58. The highest BCUT2D eigenvalue weighted by Crippen LogP contribution is 2.23. The Hall–Kier alpha value is -4.13. The Morgan fingerprint density at radius 3 is 2.29 bits per heavy atom. The van der Waals surface area contributed by atoms with Crippen LogP contribution in [0.4, 0.5) is 5.69 Å². The predicted molar refractivity (Wildman–Crippen MR) is 134 cm³/mol. The van der Waals surface area contributed by atoms with Gasteiger partial charge in [-0.15, -0.1) is 0 Å². The molecule has 0 fully saturated rings. The third-order valence-electron chi connectivity index (χ3n) is 5.19. The van der Waals surface area contributed by atoms with Gasteiger partial charge in [-0.25, -0.2) is 0 Å². The van der Waals surface area contributed by atoms with Crippen molar-refractivity contribution in [2.75, 3.05) is 11.9 Å². The molecule has 0 aliphatic rings. The van der Waals surface area contributed by atoms with E-state index in [0.29, 0.717) is 17.9 Å². The van der Waals surface area contributed by atoms with Crippen molar-refractivity contribution >= 4 is 23.5 Å². The highest BCUT2D eigenvalue weighted by Gasteiger charge is 2.12. The van der Waals surface area contributed by atoms with E-state index in [9.17, 15) is 14.4 Å². The van der Waals surface area contributed by atoms with Crippen LogP contribution in [-0.4, -0.2) is 24.4 Å². The number of carbonyl (C=O) groups is 3. The van der Waals surface area contributed by atoms with Crippen LogP contribution in [0.2, 0.25) is 0 Å². The van der Waals surface area contributed by atoms with Crippen molar-refractivity contribution in [1.82, 2.24) is 5.32 Å². The Bertz CT molecular complexity index is 1130. The molecule has 7 nitrogen and oxygen atoms in total. The number of rotatable bonds is 11. The molecule has 2 amide bonds. The normalized spacial score (nSPS) is 11.3. The van der Waals surface area contributed by atoms with E-state index in [1.165, 1.54) is 0 Å². The second-order valence-corrected chi connectivity index (χ2v) is 8.21. The van der Waals surface area contributed by atoms with Crippen LogP contribution in [0.3, 0.4) is 0 Å². The molecule has 0 saturated carbocycles. The Morgan fingerprint density at radius 2 is 1.57 bits per heavy atom. The summed E-state index contributed by atoms with van der Waals surface area (Å²) in [5.74, 6) is 0.315. The molecule has 0 aliphatic heterocycles. The molecule has 0 spiro atoms. The third-order valence-corrected chi connectivity index (χ3v) is 5.19. The predicted octanol–water partition coefficient (Wildman–Crippen LogP) is 5.32. The van der Waals surface area contributed by atoms with Gasteiger partial charge in [0.05, 0.1) is 6.04 Å². The summed E-state index contributed by atoms with van der Waals surface area (Å²) < 4.78 is 10.8. The molecule has 35 heavy (non-hydrogen) atoms. The van der Waals surface area contributed by atoms with Crippen molar-refractivity contribution in [2.24, 2.45) is 0 Å². The lowest BCUT2D eigenvalue weighted by Crippen LogP contribution is -2.31. The smallest absolute Gasteiger partial charge is 0.306 e. The van der Waals surface area contributed by atoms with E-state index < -0.39 is 5.97 Å². The van der Waals surface area contributed by atoms with Gasteiger partial charge in [0.1, 0.15) is 11.5 Å². The van der Waals surface area contributed by atoms with Crippen LogP contribution in [0.1, 0.15) is 43.4 Å². The molecule has 0 saturated heterocycles. The van der Waals surface area contributed by atoms with E-state index in [4.69, 9.17) is 9.47 Å². The molecule has 182 valence electrons. The van der Waals surface area contributed by atoms with Gasteiger partial charge in [-0.3, -0.25) is 14.4 Å². The molecule has 3 aromatic carbocycles. The number of hydrogen-bond donors (Lipinski definition) is 2. The van der Waals surface area contributed by atoms with E-state index in [1.807, 2.05) is 68.4 Å². The van der Waals surface area contributed by atoms with Crippen LogP contribution in [0, 0.1) is 6.92 Å². The average Bonchev–Trinajstić information content (AvgIpc) is 2.84. The molecule has 7 heteroatoms. The minimum atomic E-state index is -0.516. The molecule has 0 aromatic heterocycles. The SMILES string of the molecule is Cc1cccc(Oc2ccc(NC(=O)CCCC(=O)OCC(=O)N[C@H](C)c3ccccc3)cc2)c1. The van der Waals surface area contributed by atoms with Gasteiger partial charge in [0.25, 0.3) is 5.91 Å². The molecular formula is C28H30N2O5. The molecule has 0 aliphatic carbocycles. The van der Waals surface area contributed by atoms with Gasteiger partial charge in [-0.1, -0.05) is 42.5 Å². The van der Waals surface area contributed by atoms with E-state index in [1.54, 1.807) is 24.3 Å². The highest BCUT2D eigenvalue weighted by molar-refractivity contribution is 5.91. The monoisotopic (exact) mass is 474 g/mol. The second kappa shape index (κ2) is 12.9. The molecule has 0 unspecified atom stereocenters. The molecule has 0 heterocycles. The van der Waals surface area contributed by atoms with Crippen LogP contribution in [0.25, 0.3) is 0 Å². The van der Waals surface area contributed by atoms with Crippen LogP contribution in [0.15, 0.2) is 78.9 Å². The van der Waals surface area contributed by atoms with Gasteiger partial charge in [0, 0.05) is 18.5 Å². The summed E-state index contributed by atoms with van der Waals surface area (Å²) >= 11 is 0. The summed E-state index contributed by atoms with van der Waals surface area (Å²) in [6.45, 7) is 3.51. The van der Waals surface area contributed by atoms with Crippen molar-refractivity contribution < 1.29 is 23.9 Å². The number of amides is 2. The van der Waals surface area contributed by atoms with Gasteiger partial charge < -0.3 is 20.1 Å². The first kappa shape index (κ1) is 25.5. The average molecular weight is 475 g/mol. The van der Waals surface area contributed by atoms with E-state index >= 15 is 0 Å². The lowest BCUT2D eigenvalue weighted by Gasteiger charge is -2.14. The van der Waals surface area contributed by atoms with Gasteiger partial charge in [0.2, 0.25) is 5.91 Å². The summed E-state index contributed by atoms with van der Waals surface area (Å²) in [7, 11) is 0. The fourth-order valence-corrected chi connectivity index (χ4v) is 3.36. The van der Waals surface area contributed by atoms with E-state index in [-0.39, 0.29) is 37.3 Å². The number of carbonyl (C=O) groups excluding carboxylic acids is 3. The maximum Gasteiger partial charge on any atom is 0.306 e. The minimum absolute atomic E-state index is 0.0538. The number of nitrogens with one attached hydrogen (secondary N) is 2. The minimum Gasteiger partial charge on any atom is -0.457 e. The first-order chi connectivity index (χ1) is 16.9. The maximum absolute atomic E-state index is 12.2. The highest BCUT2D eigenvalue weighted by atomic mass is 16.5. The van der Waals surface area contributed by atoms with Crippen molar-refractivity contribution in [3.8, 4) is 11.5 Å². The summed E-state index contributed by atoms with van der Waals surface area (Å²) in [6, 6.07) is 24.1. The van der Waals surface area contributed by atoms with Gasteiger partial charge in [-0.2, -0.15) is 0 Å². The largest absolute Gasteiger partial charge is 0.457 e. The standard InChI is InChI=1S/C28H30N2O5/c1-20-8-6-11-25(18-20)35-24-16-14-23(15-17-24)30-26(31)12-7-13-28(33)34-19-27(32)29-21(2)22-9-4-3-5-10-22/h3-6,8-11,14-18,21H,7,12-13,19H2,1-2H3,(H,29,32)(H,30,31)/t21-/m1/s1. The fraction of sp³-hybridized carbons (Fsp3) is 0.250. The van der Waals surface area contributed by atoms with Crippen molar-refractivity contribution in [3.63, 3.8) is 0 Å². The van der Waals surface area contributed by atoms with Crippen LogP contribution in [0.5, 0.6) is 11.5 Å². The summed E-state index contributed by atoms with van der Waals surface area (Å²) in [4.78, 5) is 36.1. The fourth-order valence-electron chi connectivity index (χ4n) is 3.36. The molecule has 0 radical (unpaired) electrons. The van der Waals surface area contributed by atoms with Gasteiger partial charge >= 0.3 is 5.97 Å². The molecule has 3 rings (SSSR count). The zero-order valence-corrected chi connectivity index (χ0v) is 20.0. The number of anilines is 1. The lowest BCUT2D eigenvalue weighted by atomic mass is 10.1. The summed E-state index contributed by atoms with van der Waals surface area (Å²) in [6.07, 6.45) is 0.535. The quantitative estimate of drug-likeness (QED) is 0.367. The molecular weight excluding hydrogens is 444 g/mol. The second-order valence-electron chi connectivity index (χ2n) is 8.21. The zero-order valence-electron chi connectivity index (χ0n) is 20.0. The zero-order chi connectivity index (χ0) is 25.0. The number of esters is 1. The van der Waals surface area contributed by atoms with Crippen molar-refractivity contribution in [3.05, 3.63) is 90.0 Å². The van der Waals surface area contributed by atoms with Crippen molar-refractivity contribution in [1.29, 1.82) is 0 Å². The Kier molecular flexibility index (Phi) is 9.42. The lowest BCUT2D eigenvalue weighted by molar-refractivity contribution is -0.148. The van der Waals surface area contributed by atoms with Crippen LogP contribution in [-0.2, 0) is 19.1 Å². The molecule has 1 atom stereocenters. The Balaban J connectivity index is 1.31. The molecule has 2 N–H and O–H groups in total. The Labute approximate surface area is 205 Å². The maximum atomic E-state index is 12.2. The topological polar surface area (TPSA) is 93.7 Å². The molecule has 3 aromatic rings. The number of aryl methyl sites for hydroxylation is 1. The molecule has 0 bridgehead atoms. The number of benzene rings is 3. The number of ether oxygens (including phenoxy) is 2. The van der Waals surface area contributed by atoms with Crippen LogP contribution >= 0.6 is 0 Å². The first-order valence-electron chi connectivity index (χ1n) is 11.5.